The molecule has 0 spiro atoms. The third-order valence-corrected chi connectivity index (χ3v) is 8.27. The molecule has 0 radical (unpaired) electrons. The summed E-state index contributed by atoms with van der Waals surface area (Å²) in [7, 11) is 0. The number of hydrogen-bond acceptors (Lipinski definition) is 4. The molecule has 0 saturated heterocycles. The lowest BCUT2D eigenvalue weighted by Gasteiger charge is -2.13. The highest BCUT2D eigenvalue weighted by Gasteiger charge is 2.19. The molecule has 0 saturated carbocycles. The second kappa shape index (κ2) is 9.33. The largest absolute Gasteiger partial charge is 0.455 e. The minimum Gasteiger partial charge on any atom is -0.455 e. The van der Waals surface area contributed by atoms with Crippen LogP contribution in [0.4, 0.5) is 0 Å². The van der Waals surface area contributed by atoms with Gasteiger partial charge >= 0.3 is 0 Å². The Balaban J connectivity index is 1.39. The summed E-state index contributed by atoms with van der Waals surface area (Å²) in [6.07, 6.45) is 0. The van der Waals surface area contributed by atoms with Crippen LogP contribution in [0.3, 0.4) is 0 Å². The van der Waals surface area contributed by atoms with Crippen LogP contribution in [0, 0.1) is 0 Å². The van der Waals surface area contributed by atoms with Crippen molar-refractivity contribution in [2.75, 3.05) is 0 Å². The molecule has 9 aromatic rings. The van der Waals surface area contributed by atoms with E-state index >= 15 is 0 Å². The summed E-state index contributed by atoms with van der Waals surface area (Å²) in [5.41, 5.74) is 4.59. The Kier molecular flexibility index (Phi) is 5.16. The molecule has 200 valence electrons. The summed E-state index contributed by atoms with van der Waals surface area (Å²) in [6, 6.07) is 48.0. The van der Waals surface area contributed by atoms with E-state index in [0.29, 0.717) is 17.5 Å². The van der Waals surface area contributed by atoms with Gasteiger partial charge in [-0.15, -0.1) is 0 Å². The van der Waals surface area contributed by atoms with E-state index < -0.39 is 0 Å². The minimum atomic E-state index is 0.629. The lowest BCUT2D eigenvalue weighted by Crippen LogP contribution is -2.00. The average Bonchev–Trinajstić information content (AvgIpc) is 3.44. The summed E-state index contributed by atoms with van der Waals surface area (Å²) in [4.78, 5) is 15.0. The van der Waals surface area contributed by atoms with Gasteiger partial charge in [0, 0.05) is 32.8 Å². The van der Waals surface area contributed by atoms with Crippen LogP contribution in [0.5, 0.6) is 0 Å². The topological polar surface area (TPSA) is 51.8 Å². The lowest BCUT2D eigenvalue weighted by atomic mass is 9.94. The smallest absolute Gasteiger partial charge is 0.164 e. The van der Waals surface area contributed by atoms with E-state index in [0.717, 1.165) is 65.6 Å². The van der Waals surface area contributed by atoms with Crippen LogP contribution >= 0.6 is 0 Å². The standard InChI is InChI=1S/C39H23N3O/c1-3-11-24(12-4-1)37-40-38(25-13-5-2-6-14-25)42-39(41-37)33-22-28-17-9-10-18-29(28)35-30(33)19-20-31-32-21-26-15-7-8-16-27(26)23-34(32)43-36(31)35/h1-23H. The van der Waals surface area contributed by atoms with E-state index in [1.54, 1.807) is 0 Å². The maximum absolute atomic E-state index is 6.71. The van der Waals surface area contributed by atoms with Crippen molar-refractivity contribution in [3.63, 3.8) is 0 Å². The first-order valence-electron chi connectivity index (χ1n) is 14.4. The summed E-state index contributed by atoms with van der Waals surface area (Å²) in [6.45, 7) is 0. The zero-order chi connectivity index (χ0) is 28.3. The molecule has 0 fully saturated rings. The number of nitrogens with zero attached hydrogens (tertiary/aromatic N) is 3. The third-order valence-electron chi connectivity index (χ3n) is 8.27. The van der Waals surface area contributed by atoms with Crippen molar-refractivity contribution in [3.05, 3.63) is 140 Å². The Hall–Kier alpha value is -5.87. The molecule has 2 heterocycles. The van der Waals surface area contributed by atoms with Gasteiger partial charge in [-0.25, -0.2) is 15.0 Å². The first kappa shape index (κ1) is 23.8. The van der Waals surface area contributed by atoms with Crippen LogP contribution in [-0.2, 0) is 0 Å². The number of furan rings is 1. The molecule has 0 N–H and O–H groups in total. The molecule has 0 bridgehead atoms. The number of fused-ring (bicyclic) bond motifs is 8. The van der Waals surface area contributed by atoms with E-state index in [-0.39, 0.29) is 0 Å². The van der Waals surface area contributed by atoms with Crippen molar-refractivity contribution in [1.82, 2.24) is 15.0 Å². The van der Waals surface area contributed by atoms with Crippen LogP contribution in [0.1, 0.15) is 0 Å². The molecule has 0 aliphatic rings. The number of hydrogen-bond donors (Lipinski definition) is 0. The molecular weight excluding hydrogens is 526 g/mol. The quantitative estimate of drug-likeness (QED) is 0.206. The van der Waals surface area contributed by atoms with Crippen LogP contribution in [0.25, 0.3) is 88.4 Å². The molecule has 7 aromatic carbocycles. The van der Waals surface area contributed by atoms with Crippen molar-refractivity contribution in [2.24, 2.45) is 0 Å². The van der Waals surface area contributed by atoms with Gasteiger partial charge in [-0.2, -0.15) is 0 Å². The summed E-state index contributed by atoms with van der Waals surface area (Å²) < 4.78 is 6.71. The molecule has 0 aliphatic carbocycles. The van der Waals surface area contributed by atoms with Crippen molar-refractivity contribution < 1.29 is 4.42 Å². The fourth-order valence-electron chi connectivity index (χ4n) is 6.21. The van der Waals surface area contributed by atoms with Crippen molar-refractivity contribution in [2.45, 2.75) is 0 Å². The van der Waals surface area contributed by atoms with Gasteiger partial charge in [-0.1, -0.05) is 115 Å². The highest BCUT2D eigenvalue weighted by Crippen LogP contribution is 2.42. The molecule has 0 aliphatic heterocycles. The molecule has 43 heavy (non-hydrogen) atoms. The van der Waals surface area contributed by atoms with E-state index in [1.165, 1.54) is 5.39 Å². The Morgan fingerprint density at radius 2 is 0.953 bits per heavy atom. The Morgan fingerprint density at radius 3 is 1.65 bits per heavy atom. The summed E-state index contributed by atoms with van der Waals surface area (Å²) in [5, 5.41) is 8.92. The summed E-state index contributed by atoms with van der Waals surface area (Å²) in [5.74, 6) is 1.91. The Morgan fingerprint density at radius 1 is 0.395 bits per heavy atom. The third kappa shape index (κ3) is 3.81. The van der Waals surface area contributed by atoms with Crippen molar-refractivity contribution >= 4 is 54.3 Å². The maximum atomic E-state index is 6.71. The molecule has 9 rings (SSSR count). The first-order chi connectivity index (χ1) is 21.3. The maximum Gasteiger partial charge on any atom is 0.164 e. The van der Waals surface area contributed by atoms with Gasteiger partial charge < -0.3 is 4.42 Å². The predicted molar refractivity (Wildman–Crippen MR) is 176 cm³/mol. The van der Waals surface area contributed by atoms with Crippen molar-refractivity contribution in [3.8, 4) is 34.2 Å². The monoisotopic (exact) mass is 549 g/mol. The van der Waals surface area contributed by atoms with Crippen LogP contribution < -0.4 is 0 Å². The Labute approximate surface area is 246 Å². The van der Waals surface area contributed by atoms with Gasteiger partial charge in [0.1, 0.15) is 11.2 Å². The second-order valence-corrected chi connectivity index (χ2v) is 10.8. The highest BCUT2D eigenvalue weighted by molar-refractivity contribution is 6.26. The molecule has 4 nitrogen and oxygen atoms in total. The number of rotatable bonds is 3. The Bertz CT molecular complexity index is 2440. The van der Waals surface area contributed by atoms with E-state index in [2.05, 4.69) is 78.9 Å². The van der Waals surface area contributed by atoms with E-state index in [4.69, 9.17) is 19.4 Å². The second-order valence-electron chi connectivity index (χ2n) is 10.8. The zero-order valence-electron chi connectivity index (χ0n) is 23.0. The van der Waals surface area contributed by atoms with E-state index in [1.807, 2.05) is 60.7 Å². The SMILES string of the molecule is c1ccc(-c2nc(-c3ccccc3)nc(-c3cc4ccccc4c4c3ccc3c5cc6ccccc6cc5oc34)n2)cc1. The van der Waals surface area contributed by atoms with Gasteiger partial charge in [-0.3, -0.25) is 0 Å². The normalized spacial score (nSPS) is 11.7. The molecule has 4 heteroatoms. The fourth-order valence-corrected chi connectivity index (χ4v) is 6.21. The van der Waals surface area contributed by atoms with Crippen LogP contribution in [-0.4, -0.2) is 15.0 Å². The molecular formula is C39H23N3O. The van der Waals surface area contributed by atoms with Crippen LogP contribution in [0.15, 0.2) is 144 Å². The van der Waals surface area contributed by atoms with E-state index in [9.17, 15) is 0 Å². The number of aromatic nitrogens is 3. The zero-order valence-corrected chi connectivity index (χ0v) is 23.0. The summed E-state index contributed by atoms with van der Waals surface area (Å²) >= 11 is 0. The average molecular weight is 550 g/mol. The molecule has 2 aromatic heterocycles. The van der Waals surface area contributed by atoms with Gasteiger partial charge in [0.05, 0.1) is 0 Å². The minimum absolute atomic E-state index is 0.629. The van der Waals surface area contributed by atoms with Crippen LogP contribution in [0.2, 0.25) is 0 Å². The van der Waals surface area contributed by atoms with Gasteiger partial charge in [0.25, 0.3) is 0 Å². The lowest BCUT2D eigenvalue weighted by molar-refractivity contribution is 0.673. The van der Waals surface area contributed by atoms with Gasteiger partial charge in [0.15, 0.2) is 17.5 Å². The molecule has 0 atom stereocenters. The fraction of sp³-hybridized carbons (Fsp3) is 0. The number of benzene rings is 7. The van der Waals surface area contributed by atoms with Gasteiger partial charge in [-0.05, 0) is 51.2 Å². The van der Waals surface area contributed by atoms with Gasteiger partial charge in [0.2, 0.25) is 0 Å². The molecule has 0 unspecified atom stereocenters. The highest BCUT2D eigenvalue weighted by atomic mass is 16.3. The van der Waals surface area contributed by atoms with Crippen molar-refractivity contribution in [1.29, 1.82) is 0 Å². The first-order valence-corrected chi connectivity index (χ1v) is 14.4. The molecule has 0 amide bonds. The predicted octanol–water partition coefficient (Wildman–Crippen LogP) is 10.2.